The van der Waals surface area contributed by atoms with Gasteiger partial charge in [-0.1, -0.05) is 12.1 Å². The zero-order valence-corrected chi connectivity index (χ0v) is 24.5. The molecule has 2 aliphatic heterocycles. The highest BCUT2D eigenvalue weighted by Gasteiger charge is 2.40. The molecule has 238 valence electrons. The Morgan fingerprint density at radius 1 is 1.00 bits per heavy atom. The molecule has 0 spiro atoms. The summed E-state index contributed by atoms with van der Waals surface area (Å²) in [4.78, 5) is 66.3. The van der Waals surface area contributed by atoms with Crippen LogP contribution in [0.3, 0.4) is 0 Å². The minimum absolute atomic E-state index is 0.000311. The molecular weight excluding hydrogens is 560 g/mol. The summed E-state index contributed by atoms with van der Waals surface area (Å²) in [6, 6.07) is 0.826. The van der Waals surface area contributed by atoms with E-state index in [9.17, 15) is 39.3 Å². The lowest BCUT2D eigenvalue weighted by molar-refractivity contribution is -0.143. The van der Waals surface area contributed by atoms with Gasteiger partial charge in [-0.3, -0.25) is 19.2 Å². The second kappa shape index (κ2) is 16.2. The van der Waals surface area contributed by atoms with Crippen LogP contribution in [0, 0.1) is 0 Å². The maximum Gasteiger partial charge on any atom is 0.326 e. The first-order valence-corrected chi connectivity index (χ1v) is 14.9. The lowest BCUT2D eigenvalue weighted by atomic mass is 10.0. The second-order valence-corrected chi connectivity index (χ2v) is 11.2. The number of carbonyl (C=O) groups is 5. The average Bonchev–Trinajstić information content (AvgIpc) is 3.68. The van der Waals surface area contributed by atoms with Gasteiger partial charge < -0.3 is 47.2 Å². The molecule has 0 unspecified atom stereocenters. The highest BCUT2D eigenvalue weighted by molar-refractivity contribution is 5.96. The minimum atomic E-state index is -1.45. The third kappa shape index (κ3) is 9.63. The molecule has 0 bridgehead atoms. The number of carboxylic acids is 1. The molecule has 2 aliphatic rings. The number of aliphatic hydroxyl groups is 1. The molecule has 6 atom stereocenters. The van der Waals surface area contributed by atoms with Crippen LogP contribution in [0.25, 0.3) is 0 Å². The first-order chi connectivity index (χ1) is 20.5. The van der Waals surface area contributed by atoms with Crippen molar-refractivity contribution in [2.24, 2.45) is 5.73 Å². The number of aromatic hydroxyl groups is 1. The van der Waals surface area contributed by atoms with Crippen molar-refractivity contribution in [2.45, 2.75) is 94.6 Å². The van der Waals surface area contributed by atoms with Gasteiger partial charge in [-0.15, -0.1) is 0 Å². The molecule has 43 heavy (non-hydrogen) atoms. The number of nitrogens with two attached hydrogens (primary N) is 1. The van der Waals surface area contributed by atoms with Gasteiger partial charge >= 0.3 is 5.97 Å². The Kier molecular flexibility index (Phi) is 12.7. The maximum absolute atomic E-state index is 13.4. The van der Waals surface area contributed by atoms with E-state index in [0.29, 0.717) is 50.8 Å². The number of hydrogen-bond acceptors (Lipinski definition) is 9. The number of unbranched alkanes of at least 4 members (excludes halogenated alkanes) is 1. The number of phenols is 1. The molecule has 14 nitrogen and oxygen atoms in total. The van der Waals surface area contributed by atoms with Gasteiger partial charge in [0, 0.05) is 13.0 Å². The fraction of sp³-hybridized carbons (Fsp3) is 0.621. The highest BCUT2D eigenvalue weighted by atomic mass is 16.4. The van der Waals surface area contributed by atoms with Crippen molar-refractivity contribution in [2.75, 3.05) is 19.6 Å². The second-order valence-electron chi connectivity index (χ2n) is 11.2. The molecule has 1 aromatic rings. The molecule has 0 aliphatic carbocycles. The summed E-state index contributed by atoms with van der Waals surface area (Å²) >= 11 is 0. The third-order valence-electron chi connectivity index (χ3n) is 7.83. The lowest BCUT2D eigenvalue weighted by Gasteiger charge is -2.30. The van der Waals surface area contributed by atoms with Gasteiger partial charge in [0.1, 0.15) is 29.9 Å². The smallest absolute Gasteiger partial charge is 0.326 e. The van der Waals surface area contributed by atoms with Crippen LogP contribution in [0.5, 0.6) is 5.75 Å². The number of carboxylic acid groups (broad SMARTS) is 1. The number of aliphatic hydroxyl groups excluding tert-OH is 1. The van der Waals surface area contributed by atoms with Gasteiger partial charge in [-0.25, -0.2) is 4.79 Å². The number of amides is 4. The van der Waals surface area contributed by atoms with Gasteiger partial charge in [0.2, 0.25) is 23.6 Å². The number of nitrogens with zero attached hydrogens (tertiary/aromatic N) is 1. The first-order valence-electron chi connectivity index (χ1n) is 14.9. The minimum Gasteiger partial charge on any atom is -0.508 e. The van der Waals surface area contributed by atoms with E-state index in [1.54, 1.807) is 12.1 Å². The molecule has 4 amide bonds. The van der Waals surface area contributed by atoms with Gasteiger partial charge in [0.25, 0.3) is 0 Å². The van der Waals surface area contributed by atoms with Gasteiger partial charge in [0.05, 0.1) is 12.1 Å². The van der Waals surface area contributed by atoms with E-state index < -0.39 is 54.0 Å². The summed E-state index contributed by atoms with van der Waals surface area (Å²) < 4.78 is 0. The number of hydrogen-bond donors (Lipinski definition) is 8. The molecule has 0 radical (unpaired) electrons. The molecule has 0 saturated carbocycles. The van der Waals surface area contributed by atoms with Gasteiger partial charge in [-0.05, 0) is 82.7 Å². The largest absolute Gasteiger partial charge is 0.508 e. The summed E-state index contributed by atoms with van der Waals surface area (Å²) in [5, 5.41) is 40.4. The summed E-state index contributed by atoms with van der Waals surface area (Å²) in [7, 11) is 0. The van der Waals surface area contributed by atoms with Crippen LogP contribution in [-0.2, 0) is 30.4 Å². The van der Waals surface area contributed by atoms with E-state index in [4.69, 9.17) is 5.73 Å². The maximum atomic E-state index is 13.4. The molecule has 2 heterocycles. The Hall–Kier alpha value is -3.75. The molecule has 0 aromatic heterocycles. The zero-order chi connectivity index (χ0) is 31.5. The van der Waals surface area contributed by atoms with E-state index in [2.05, 4.69) is 21.3 Å². The molecule has 2 fully saturated rings. The van der Waals surface area contributed by atoms with E-state index in [-0.39, 0.29) is 30.5 Å². The van der Waals surface area contributed by atoms with Crippen molar-refractivity contribution in [3.05, 3.63) is 29.8 Å². The molecule has 1 aromatic carbocycles. The van der Waals surface area contributed by atoms with Crippen molar-refractivity contribution in [1.29, 1.82) is 0 Å². The molecule has 14 heteroatoms. The predicted molar refractivity (Wildman–Crippen MR) is 156 cm³/mol. The van der Waals surface area contributed by atoms with Crippen LogP contribution in [0.2, 0.25) is 0 Å². The summed E-state index contributed by atoms with van der Waals surface area (Å²) in [6.07, 6.45) is 2.34. The average molecular weight is 605 g/mol. The van der Waals surface area contributed by atoms with E-state index in [1.165, 1.54) is 24.0 Å². The summed E-state index contributed by atoms with van der Waals surface area (Å²) in [6.45, 7) is 2.82. The fourth-order valence-corrected chi connectivity index (χ4v) is 5.41. The van der Waals surface area contributed by atoms with E-state index in [1.807, 2.05) is 0 Å². The SMILES string of the molecule is C[C@@H](O)[C@H](NC(=O)[C@@H]1CCCN1C(=O)[C@@H]1CCCN1)C(=O)N[C@@H](Cc1ccc(O)cc1)C(=O)N[C@@H](CCCCN)C(=O)O. The quantitative estimate of drug-likeness (QED) is 0.111. The Labute approximate surface area is 250 Å². The standard InChI is InChI=1S/C29H44N6O8/c1-17(36)24(34-26(39)23-8-5-15-35(23)28(41)20-7-4-14-31-20)27(40)33-22(16-18-9-11-19(37)12-10-18)25(38)32-21(29(42)43)6-2-3-13-30/h9-12,17,20-24,31,36-37H,2-8,13-16,30H2,1H3,(H,32,38)(H,33,40)(H,34,39)(H,42,43)/t17-,20+,21+,22+,23+,24+/m1/s1. The Morgan fingerprint density at radius 2 is 1.70 bits per heavy atom. The van der Waals surface area contributed by atoms with Crippen LogP contribution in [0.15, 0.2) is 24.3 Å². The predicted octanol–water partition coefficient (Wildman–Crippen LogP) is -1.27. The molecule has 9 N–H and O–H groups in total. The monoisotopic (exact) mass is 604 g/mol. The Balaban J connectivity index is 1.74. The van der Waals surface area contributed by atoms with Crippen LogP contribution in [0.1, 0.15) is 57.4 Å². The number of phenolic OH excluding ortho intramolecular Hbond substituents is 1. The third-order valence-corrected chi connectivity index (χ3v) is 7.83. The Morgan fingerprint density at radius 3 is 2.30 bits per heavy atom. The highest BCUT2D eigenvalue weighted by Crippen LogP contribution is 2.21. The first kappa shape index (κ1) is 33.7. The number of aliphatic carboxylic acids is 1. The van der Waals surface area contributed by atoms with Crippen molar-refractivity contribution in [3.8, 4) is 5.75 Å². The zero-order valence-electron chi connectivity index (χ0n) is 24.5. The number of rotatable bonds is 15. The van der Waals surface area contributed by atoms with Gasteiger partial charge in [0.15, 0.2) is 0 Å². The van der Waals surface area contributed by atoms with E-state index in [0.717, 1.165) is 13.0 Å². The molecular formula is C29H44N6O8. The van der Waals surface area contributed by atoms with Crippen molar-refractivity contribution >= 4 is 29.6 Å². The van der Waals surface area contributed by atoms with Crippen LogP contribution in [-0.4, -0.2) is 106 Å². The van der Waals surface area contributed by atoms with Crippen molar-refractivity contribution in [3.63, 3.8) is 0 Å². The number of likely N-dealkylation sites (tertiary alicyclic amines) is 1. The van der Waals surface area contributed by atoms with Crippen molar-refractivity contribution in [1.82, 2.24) is 26.2 Å². The van der Waals surface area contributed by atoms with Crippen LogP contribution >= 0.6 is 0 Å². The van der Waals surface area contributed by atoms with E-state index >= 15 is 0 Å². The van der Waals surface area contributed by atoms with Crippen LogP contribution in [0.4, 0.5) is 0 Å². The van der Waals surface area contributed by atoms with Crippen LogP contribution < -0.4 is 27.0 Å². The number of benzene rings is 1. The molecule has 2 saturated heterocycles. The summed E-state index contributed by atoms with van der Waals surface area (Å²) in [5.74, 6) is -3.62. The lowest BCUT2D eigenvalue weighted by Crippen LogP contribution is -2.60. The normalized spacial score (nSPS) is 21.0. The molecule has 3 rings (SSSR count). The number of carbonyl (C=O) groups excluding carboxylic acids is 4. The van der Waals surface area contributed by atoms with Crippen molar-refractivity contribution < 1.29 is 39.3 Å². The number of nitrogens with one attached hydrogen (secondary N) is 4. The summed E-state index contributed by atoms with van der Waals surface area (Å²) in [5.41, 5.74) is 6.06. The Bertz CT molecular complexity index is 1120. The van der Waals surface area contributed by atoms with Gasteiger partial charge in [-0.2, -0.15) is 0 Å². The topological polar surface area (TPSA) is 223 Å². The fourth-order valence-electron chi connectivity index (χ4n) is 5.41.